The van der Waals surface area contributed by atoms with E-state index in [2.05, 4.69) is 0 Å². The molecule has 0 fully saturated rings. The Morgan fingerprint density at radius 3 is 1.43 bits per heavy atom. The van der Waals surface area contributed by atoms with E-state index in [4.69, 9.17) is 44.8 Å². The summed E-state index contributed by atoms with van der Waals surface area (Å²) in [5.41, 5.74) is 0. The zero-order valence-electron chi connectivity index (χ0n) is 3.59. The lowest BCUT2D eigenvalue weighted by molar-refractivity contribution is 1.36. The van der Waals surface area contributed by atoms with Crippen LogP contribution in [0.1, 0.15) is 6.92 Å². The first kappa shape index (κ1) is 8.38. The minimum Gasteiger partial charge on any atom is -0.125 e. The van der Waals surface area contributed by atoms with Gasteiger partial charge < -0.3 is 0 Å². The highest BCUT2D eigenvalue weighted by molar-refractivity contribution is 7.66. The van der Waals surface area contributed by atoms with E-state index in [-0.39, 0.29) is 5.00 Å². The molecule has 0 aromatic heterocycles. The molecule has 0 heterocycles. The van der Waals surface area contributed by atoms with E-state index >= 15 is 0 Å². The van der Waals surface area contributed by atoms with Gasteiger partial charge in [-0.15, -0.1) is 44.8 Å². The molecule has 0 saturated carbocycles. The van der Waals surface area contributed by atoms with E-state index in [1.165, 1.54) is 0 Å². The van der Waals surface area contributed by atoms with Crippen LogP contribution in [0.2, 0.25) is 0 Å². The molecular formula is C2H4Cl4Si. The Labute approximate surface area is 62.8 Å². The fraction of sp³-hybridized carbons (Fsp3) is 1.00. The second-order valence-electron chi connectivity index (χ2n) is 1.16. The van der Waals surface area contributed by atoms with Crippen LogP contribution in [-0.2, 0) is 0 Å². The van der Waals surface area contributed by atoms with Gasteiger partial charge in [0.05, 0.1) is 5.00 Å². The van der Waals surface area contributed by atoms with E-state index in [1.807, 2.05) is 0 Å². The third kappa shape index (κ3) is 3.92. The Morgan fingerprint density at radius 1 is 1.29 bits per heavy atom. The molecule has 0 saturated heterocycles. The van der Waals surface area contributed by atoms with E-state index in [0.717, 1.165) is 0 Å². The summed E-state index contributed by atoms with van der Waals surface area (Å²) in [4.78, 5) is 0. The lowest BCUT2D eigenvalue weighted by atomic mass is 11.0. The van der Waals surface area contributed by atoms with Crippen LogP contribution in [0.25, 0.3) is 0 Å². The maximum Gasteiger partial charge on any atom is 0.358 e. The monoisotopic (exact) mass is 196 g/mol. The van der Waals surface area contributed by atoms with Gasteiger partial charge in [-0.05, 0) is 6.92 Å². The van der Waals surface area contributed by atoms with E-state index in [1.54, 1.807) is 6.92 Å². The van der Waals surface area contributed by atoms with Crippen LogP contribution in [0.3, 0.4) is 0 Å². The summed E-state index contributed by atoms with van der Waals surface area (Å²) in [5, 5.41) is -0.294. The predicted molar refractivity (Wildman–Crippen MR) is 38.6 cm³/mol. The molecule has 44 valence electrons. The number of halogens is 4. The lowest BCUT2D eigenvalue weighted by Gasteiger charge is -2.07. The molecule has 0 aliphatic carbocycles. The third-order valence-electron chi connectivity index (χ3n) is 0.451. The average Bonchev–Trinajstić information content (AvgIpc) is 1.31. The van der Waals surface area contributed by atoms with Gasteiger partial charge in [-0.25, -0.2) is 0 Å². The second-order valence-corrected chi connectivity index (χ2v) is 11.2. The SMILES string of the molecule is C[C@@H](Cl)[Si](Cl)(Cl)Cl. The van der Waals surface area contributed by atoms with Crippen LogP contribution >= 0.6 is 44.8 Å². The van der Waals surface area contributed by atoms with Gasteiger partial charge in [0.2, 0.25) is 0 Å². The molecule has 0 bridgehead atoms. The molecule has 7 heavy (non-hydrogen) atoms. The summed E-state index contributed by atoms with van der Waals surface area (Å²) < 4.78 is 0. The molecule has 0 nitrogen and oxygen atoms in total. The third-order valence-corrected chi connectivity index (χ3v) is 6.29. The van der Waals surface area contributed by atoms with Crippen molar-refractivity contribution in [2.45, 2.75) is 11.9 Å². The normalized spacial score (nSPS) is 16.7. The van der Waals surface area contributed by atoms with Crippen LogP contribution in [-0.4, -0.2) is 11.0 Å². The second kappa shape index (κ2) is 2.79. The molecule has 0 rings (SSSR count). The lowest BCUT2D eigenvalue weighted by Crippen LogP contribution is -2.22. The van der Waals surface area contributed by atoms with Crippen molar-refractivity contribution in [2.24, 2.45) is 0 Å². The molecule has 0 aromatic carbocycles. The Bertz CT molecular complexity index is 55.2. The summed E-state index contributed by atoms with van der Waals surface area (Å²) in [5.74, 6) is 0. The van der Waals surface area contributed by atoms with Gasteiger partial charge in [-0.3, -0.25) is 0 Å². The Kier molecular flexibility index (Phi) is 3.33. The van der Waals surface area contributed by atoms with Gasteiger partial charge in [-0.1, -0.05) is 0 Å². The molecule has 0 spiro atoms. The van der Waals surface area contributed by atoms with Crippen molar-refractivity contribution in [1.29, 1.82) is 0 Å². The van der Waals surface area contributed by atoms with Gasteiger partial charge in [0, 0.05) is 0 Å². The van der Waals surface area contributed by atoms with E-state index < -0.39 is 6.00 Å². The fourth-order valence-electron chi connectivity index (χ4n) is 0. The number of alkyl halides is 1. The largest absolute Gasteiger partial charge is 0.358 e. The van der Waals surface area contributed by atoms with E-state index in [0.29, 0.717) is 0 Å². The topological polar surface area (TPSA) is 0 Å². The minimum atomic E-state index is -2.55. The molecule has 0 aromatic rings. The summed E-state index contributed by atoms with van der Waals surface area (Å²) in [6, 6.07) is -2.55. The summed E-state index contributed by atoms with van der Waals surface area (Å²) in [6.45, 7) is 1.68. The molecule has 0 radical (unpaired) electrons. The average molecular weight is 198 g/mol. The number of rotatable bonds is 1. The molecule has 1 atom stereocenters. The molecule has 0 aliphatic heterocycles. The highest BCUT2D eigenvalue weighted by Crippen LogP contribution is 2.27. The van der Waals surface area contributed by atoms with Crippen LogP contribution in [0.15, 0.2) is 0 Å². The number of hydrogen-bond acceptors (Lipinski definition) is 0. The maximum atomic E-state index is 5.42. The van der Waals surface area contributed by atoms with Gasteiger partial charge >= 0.3 is 6.00 Å². The van der Waals surface area contributed by atoms with Crippen molar-refractivity contribution in [3.63, 3.8) is 0 Å². The van der Waals surface area contributed by atoms with E-state index in [9.17, 15) is 0 Å². The number of hydrogen-bond donors (Lipinski definition) is 0. The summed E-state index contributed by atoms with van der Waals surface area (Å²) in [6.07, 6.45) is 0. The Hall–Kier alpha value is 1.38. The van der Waals surface area contributed by atoms with Crippen LogP contribution in [0, 0.1) is 0 Å². The van der Waals surface area contributed by atoms with Crippen molar-refractivity contribution in [2.75, 3.05) is 0 Å². The first-order valence-electron chi connectivity index (χ1n) is 1.65. The molecular weight excluding hydrogens is 194 g/mol. The standard InChI is InChI=1S/C2H4Cl4Si/c1-2(3)7(4,5)6/h2H,1H3/t2-/m0/s1. The molecule has 0 N–H and O–H groups in total. The van der Waals surface area contributed by atoms with Crippen molar-refractivity contribution in [1.82, 2.24) is 0 Å². The first-order valence-corrected chi connectivity index (χ1v) is 7.20. The van der Waals surface area contributed by atoms with Crippen LogP contribution in [0.4, 0.5) is 0 Å². The minimum absolute atomic E-state index is 0.294. The molecule has 0 aliphatic rings. The summed E-state index contributed by atoms with van der Waals surface area (Å²) >= 11 is 21.6. The Balaban J connectivity index is 3.54. The van der Waals surface area contributed by atoms with Crippen molar-refractivity contribution in [3.8, 4) is 0 Å². The molecule has 5 heteroatoms. The predicted octanol–water partition coefficient (Wildman–Crippen LogP) is 2.81. The zero-order chi connectivity index (χ0) is 6.08. The van der Waals surface area contributed by atoms with Crippen molar-refractivity contribution < 1.29 is 0 Å². The molecule has 0 amide bonds. The van der Waals surface area contributed by atoms with Crippen molar-refractivity contribution >= 4 is 50.8 Å². The van der Waals surface area contributed by atoms with Gasteiger partial charge in [0.15, 0.2) is 0 Å². The first-order chi connectivity index (χ1) is 2.94. The zero-order valence-corrected chi connectivity index (χ0v) is 7.61. The quantitative estimate of drug-likeness (QED) is 0.345. The van der Waals surface area contributed by atoms with Crippen LogP contribution in [0.5, 0.6) is 0 Å². The van der Waals surface area contributed by atoms with Crippen LogP contribution < -0.4 is 0 Å². The van der Waals surface area contributed by atoms with Gasteiger partial charge in [0.1, 0.15) is 0 Å². The summed E-state index contributed by atoms with van der Waals surface area (Å²) in [7, 11) is 0. The smallest absolute Gasteiger partial charge is 0.125 e. The fourth-order valence-corrected chi connectivity index (χ4v) is 0. The highest BCUT2D eigenvalue weighted by Gasteiger charge is 2.31. The van der Waals surface area contributed by atoms with Gasteiger partial charge in [0.25, 0.3) is 0 Å². The molecule has 0 unspecified atom stereocenters. The maximum absolute atomic E-state index is 5.42. The Morgan fingerprint density at radius 2 is 1.43 bits per heavy atom. The highest BCUT2D eigenvalue weighted by atomic mass is 35.8. The van der Waals surface area contributed by atoms with Crippen molar-refractivity contribution in [3.05, 3.63) is 0 Å². The van der Waals surface area contributed by atoms with Gasteiger partial charge in [-0.2, -0.15) is 0 Å².